The molecule has 0 fully saturated rings. The molecule has 0 aromatic carbocycles. The van der Waals surface area contributed by atoms with Crippen LogP contribution in [0.3, 0.4) is 0 Å². The first-order chi connectivity index (χ1) is 11.7. The number of hydrogen-bond donors (Lipinski definition) is 1. The molecule has 0 saturated carbocycles. The number of amides is 1. The Balaban J connectivity index is 1.82. The van der Waals surface area contributed by atoms with E-state index >= 15 is 0 Å². The maximum atomic E-state index is 13.8. The van der Waals surface area contributed by atoms with Crippen LogP contribution in [0, 0.1) is 17.8 Å². The molecule has 0 radical (unpaired) electrons. The van der Waals surface area contributed by atoms with Gasteiger partial charge in [-0.3, -0.25) is 9.78 Å². The smallest absolute Gasteiger partial charge is 0.257 e. The Bertz CT molecular complexity index is 918. The molecule has 0 bridgehead atoms. The lowest BCUT2D eigenvalue weighted by atomic mass is 10.2. The molecule has 0 unspecified atom stereocenters. The number of rotatable bonds is 2. The summed E-state index contributed by atoms with van der Waals surface area (Å²) in [6.07, 6.45) is 5.87. The topological polar surface area (TPSA) is 67.8 Å². The summed E-state index contributed by atoms with van der Waals surface area (Å²) >= 11 is 0. The number of aromatic nitrogens is 3. The third-order valence-electron chi connectivity index (χ3n) is 3.01. The minimum absolute atomic E-state index is 0.0447. The molecule has 0 spiro atoms. The molecule has 3 heterocycles. The second-order valence-electron chi connectivity index (χ2n) is 4.72. The van der Waals surface area contributed by atoms with Crippen LogP contribution in [0.2, 0.25) is 0 Å². The van der Waals surface area contributed by atoms with Crippen molar-refractivity contribution in [3.05, 3.63) is 84.0 Å². The fourth-order valence-corrected chi connectivity index (χ4v) is 1.87. The Kier molecular flexibility index (Phi) is 4.54. The first-order valence-corrected chi connectivity index (χ1v) is 7.02. The monoisotopic (exact) mass is 318 g/mol. The SMILES string of the molecule is O=C(Nc1cc(C#Cc2ccccn2)cnc1F)c1cccnc1. The Hall–Kier alpha value is -3.59. The first-order valence-electron chi connectivity index (χ1n) is 7.02. The third-order valence-corrected chi connectivity index (χ3v) is 3.01. The Labute approximate surface area is 137 Å². The number of carbonyl (C=O) groups excluding carboxylic acids is 1. The lowest BCUT2D eigenvalue weighted by Gasteiger charge is -2.05. The van der Waals surface area contributed by atoms with E-state index in [9.17, 15) is 9.18 Å². The normalized spacial score (nSPS) is 9.71. The van der Waals surface area contributed by atoms with E-state index < -0.39 is 11.9 Å². The van der Waals surface area contributed by atoms with Crippen molar-refractivity contribution < 1.29 is 9.18 Å². The minimum Gasteiger partial charge on any atom is -0.318 e. The van der Waals surface area contributed by atoms with Crippen molar-refractivity contribution in [2.24, 2.45) is 0 Å². The van der Waals surface area contributed by atoms with Crippen molar-refractivity contribution in [1.82, 2.24) is 15.0 Å². The highest BCUT2D eigenvalue weighted by molar-refractivity contribution is 6.04. The molecular formula is C18H11FN4O. The van der Waals surface area contributed by atoms with Crippen molar-refractivity contribution >= 4 is 11.6 Å². The fourth-order valence-electron chi connectivity index (χ4n) is 1.87. The third kappa shape index (κ3) is 3.78. The van der Waals surface area contributed by atoms with E-state index in [2.05, 4.69) is 32.1 Å². The Morgan fingerprint density at radius 2 is 1.96 bits per heavy atom. The number of carbonyl (C=O) groups is 1. The van der Waals surface area contributed by atoms with Crippen molar-refractivity contribution in [2.75, 3.05) is 5.32 Å². The zero-order valence-electron chi connectivity index (χ0n) is 12.4. The molecule has 1 N–H and O–H groups in total. The van der Waals surface area contributed by atoms with Crippen LogP contribution >= 0.6 is 0 Å². The number of halogens is 1. The number of nitrogens with one attached hydrogen (secondary N) is 1. The van der Waals surface area contributed by atoms with Crippen molar-refractivity contribution in [3.63, 3.8) is 0 Å². The van der Waals surface area contributed by atoms with Gasteiger partial charge in [-0.05, 0) is 36.3 Å². The largest absolute Gasteiger partial charge is 0.318 e. The van der Waals surface area contributed by atoms with Gasteiger partial charge in [-0.1, -0.05) is 12.0 Å². The molecule has 116 valence electrons. The summed E-state index contributed by atoms with van der Waals surface area (Å²) in [5.74, 6) is 4.43. The van der Waals surface area contributed by atoms with E-state index in [4.69, 9.17) is 0 Å². The number of anilines is 1. The summed E-state index contributed by atoms with van der Waals surface area (Å²) in [4.78, 5) is 23.6. The highest BCUT2D eigenvalue weighted by Crippen LogP contribution is 2.14. The van der Waals surface area contributed by atoms with Crippen LogP contribution in [0.25, 0.3) is 0 Å². The lowest BCUT2D eigenvalue weighted by Crippen LogP contribution is -2.13. The van der Waals surface area contributed by atoms with E-state index in [-0.39, 0.29) is 5.69 Å². The van der Waals surface area contributed by atoms with Gasteiger partial charge in [0, 0.05) is 30.4 Å². The summed E-state index contributed by atoms with van der Waals surface area (Å²) in [6, 6.07) is 9.99. The lowest BCUT2D eigenvalue weighted by molar-refractivity contribution is 0.102. The van der Waals surface area contributed by atoms with Crippen LogP contribution in [-0.2, 0) is 0 Å². The zero-order chi connectivity index (χ0) is 16.8. The molecule has 6 heteroatoms. The number of hydrogen-bond acceptors (Lipinski definition) is 4. The van der Waals surface area contributed by atoms with E-state index in [1.165, 1.54) is 18.5 Å². The van der Waals surface area contributed by atoms with Crippen molar-refractivity contribution in [3.8, 4) is 11.8 Å². The Morgan fingerprint density at radius 1 is 1.04 bits per heavy atom. The average molecular weight is 318 g/mol. The molecule has 5 nitrogen and oxygen atoms in total. The molecule has 0 atom stereocenters. The van der Waals surface area contributed by atoms with Crippen LogP contribution < -0.4 is 5.32 Å². The molecule has 3 aromatic rings. The van der Waals surface area contributed by atoms with Gasteiger partial charge >= 0.3 is 0 Å². The summed E-state index contributed by atoms with van der Waals surface area (Å²) < 4.78 is 13.8. The quantitative estimate of drug-likeness (QED) is 0.583. The maximum Gasteiger partial charge on any atom is 0.257 e. The van der Waals surface area contributed by atoms with Gasteiger partial charge in [-0.15, -0.1) is 0 Å². The maximum absolute atomic E-state index is 13.8. The van der Waals surface area contributed by atoms with Gasteiger partial charge < -0.3 is 5.32 Å². The fraction of sp³-hybridized carbons (Fsp3) is 0. The molecular weight excluding hydrogens is 307 g/mol. The van der Waals surface area contributed by atoms with E-state index in [0.717, 1.165) is 0 Å². The van der Waals surface area contributed by atoms with E-state index in [0.29, 0.717) is 16.8 Å². The van der Waals surface area contributed by atoms with Gasteiger partial charge in [0.2, 0.25) is 5.95 Å². The van der Waals surface area contributed by atoms with Crippen LogP contribution in [0.1, 0.15) is 21.6 Å². The molecule has 0 aliphatic heterocycles. The van der Waals surface area contributed by atoms with Gasteiger partial charge in [-0.25, -0.2) is 9.97 Å². The van der Waals surface area contributed by atoms with E-state index in [1.54, 1.807) is 36.7 Å². The first kappa shape index (κ1) is 15.3. The second-order valence-corrected chi connectivity index (χ2v) is 4.72. The molecule has 0 saturated heterocycles. The number of pyridine rings is 3. The molecule has 0 aliphatic carbocycles. The predicted molar refractivity (Wildman–Crippen MR) is 86.6 cm³/mol. The van der Waals surface area contributed by atoms with Crippen LogP contribution in [-0.4, -0.2) is 20.9 Å². The molecule has 0 aliphatic rings. The summed E-state index contributed by atoms with van der Waals surface area (Å²) in [5, 5.41) is 2.47. The van der Waals surface area contributed by atoms with Gasteiger partial charge in [0.1, 0.15) is 5.69 Å². The van der Waals surface area contributed by atoms with Gasteiger partial charge in [-0.2, -0.15) is 4.39 Å². The highest BCUT2D eigenvalue weighted by Gasteiger charge is 2.10. The number of nitrogens with zero attached hydrogens (tertiary/aromatic N) is 3. The van der Waals surface area contributed by atoms with Crippen LogP contribution in [0.4, 0.5) is 10.1 Å². The van der Waals surface area contributed by atoms with Gasteiger partial charge in [0.25, 0.3) is 5.91 Å². The molecule has 3 aromatic heterocycles. The van der Waals surface area contributed by atoms with E-state index in [1.807, 2.05) is 6.07 Å². The summed E-state index contributed by atoms with van der Waals surface area (Å²) in [6.45, 7) is 0. The van der Waals surface area contributed by atoms with Gasteiger partial charge in [0.15, 0.2) is 0 Å². The van der Waals surface area contributed by atoms with Crippen LogP contribution in [0.5, 0.6) is 0 Å². The average Bonchev–Trinajstić information content (AvgIpc) is 2.64. The standard InChI is InChI=1S/C18H11FN4O/c19-17-16(23-18(24)14-4-3-8-20-12-14)10-13(11-22-17)6-7-15-5-1-2-9-21-15/h1-5,8-12H,(H,23,24). The highest BCUT2D eigenvalue weighted by atomic mass is 19.1. The molecule has 24 heavy (non-hydrogen) atoms. The van der Waals surface area contributed by atoms with Crippen molar-refractivity contribution in [2.45, 2.75) is 0 Å². The summed E-state index contributed by atoms with van der Waals surface area (Å²) in [5.41, 5.74) is 1.32. The second kappa shape index (κ2) is 7.11. The summed E-state index contributed by atoms with van der Waals surface area (Å²) in [7, 11) is 0. The van der Waals surface area contributed by atoms with Gasteiger partial charge in [0.05, 0.1) is 11.3 Å². The minimum atomic E-state index is -0.782. The zero-order valence-corrected chi connectivity index (χ0v) is 12.4. The Morgan fingerprint density at radius 3 is 2.71 bits per heavy atom. The molecule has 1 amide bonds. The molecule has 3 rings (SSSR count). The predicted octanol–water partition coefficient (Wildman–Crippen LogP) is 2.66. The van der Waals surface area contributed by atoms with Crippen molar-refractivity contribution in [1.29, 1.82) is 0 Å². The van der Waals surface area contributed by atoms with Crippen LogP contribution in [0.15, 0.2) is 61.2 Å².